The van der Waals surface area contributed by atoms with Gasteiger partial charge in [0.25, 0.3) is 0 Å². The Bertz CT molecular complexity index is 1360. The van der Waals surface area contributed by atoms with Crippen molar-refractivity contribution in [3.8, 4) is 11.5 Å². The number of hydrogen-bond donors (Lipinski definition) is 5. The lowest BCUT2D eigenvalue weighted by Gasteiger charge is -2.23. The SMILES string of the molecule is CNC[C@H](C)CCCCCC(=O)CC(=O)/C=C/c1cc(OCO)c(O)cc1CC1=CNC(N)C(Cc2cc(C)cc(C)c2)=C1. The summed E-state index contributed by atoms with van der Waals surface area (Å²) >= 11 is 0. The number of ether oxygens (including phenoxy) is 1. The number of hydrogen-bond acceptors (Lipinski definition) is 8. The number of rotatable bonds is 18. The van der Waals surface area contributed by atoms with Crippen LogP contribution in [0, 0.1) is 19.8 Å². The van der Waals surface area contributed by atoms with E-state index in [9.17, 15) is 19.8 Å². The van der Waals surface area contributed by atoms with Gasteiger partial charge in [0.2, 0.25) is 0 Å². The maximum atomic E-state index is 12.7. The van der Waals surface area contributed by atoms with Crippen LogP contribution in [0.15, 0.2) is 59.8 Å². The molecular formula is C36H49N3O5. The molecule has 1 heterocycles. The lowest BCUT2D eigenvalue weighted by Crippen LogP contribution is -2.38. The van der Waals surface area contributed by atoms with Crippen LogP contribution in [0.25, 0.3) is 6.08 Å². The average Bonchev–Trinajstić information content (AvgIpc) is 2.95. The Morgan fingerprint density at radius 1 is 1.09 bits per heavy atom. The zero-order valence-electron chi connectivity index (χ0n) is 26.6. The van der Waals surface area contributed by atoms with E-state index in [1.54, 1.807) is 18.2 Å². The fourth-order valence-corrected chi connectivity index (χ4v) is 5.65. The minimum atomic E-state index is -0.602. The molecule has 238 valence electrons. The van der Waals surface area contributed by atoms with E-state index in [4.69, 9.17) is 10.5 Å². The molecule has 2 aromatic carbocycles. The van der Waals surface area contributed by atoms with E-state index >= 15 is 0 Å². The predicted octanol–water partition coefficient (Wildman–Crippen LogP) is 5.17. The molecule has 1 unspecified atom stereocenters. The van der Waals surface area contributed by atoms with Gasteiger partial charge >= 0.3 is 0 Å². The number of benzene rings is 2. The first-order valence-electron chi connectivity index (χ1n) is 15.5. The second-order valence-electron chi connectivity index (χ2n) is 12.0. The molecule has 44 heavy (non-hydrogen) atoms. The van der Waals surface area contributed by atoms with E-state index in [-0.39, 0.29) is 35.7 Å². The summed E-state index contributed by atoms with van der Waals surface area (Å²) in [6.07, 6.45) is 12.0. The van der Waals surface area contributed by atoms with Gasteiger partial charge in [-0.3, -0.25) is 9.59 Å². The van der Waals surface area contributed by atoms with Crippen molar-refractivity contribution in [1.29, 1.82) is 0 Å². The highest BCUT2D eigenvalue weighted by Crippen LogP contribution is 2.32. The molecule has 0 bridgehead atoms. The second-order valence-corrected chi connectivity index (χ2v) is 12.0. The molecule has 3 rings (SSSR count). The number of allylic oxidation sites excluding steroid dienone is 3. The first kappa shape index (κ1) is 34.8. The molecule has 0 saturated heterocycles. The molecule has 0 spiro atoms. The van der Waals surface area contributed by atoms with Crippen molar-refractivity contribution >= 4 is 17.6 Å². The number of aliphatic hydroxyl groups is 1. The number of phenolic OH excluding ortho intramolecular Hbond substituents is 1. The number of ketones is 2. The van der Waals surface area contributed by atoms with Crippen LogP contribution in [0.3, 0.4) is 0 Å². The Hall–Kier alpha value is -3.72. The van der Waals surface area contributed by atoms with E-state index in [0.717, 1.165) is 48.9 Å². The zero-order chi connectivity index (χ0) is 32.1. The summed E-state index contributed by atoms with van der Waals surface area (Å²) in [5.41, 5.74) is 13.3. The minimum Gasteiger partial charge on any atom is -0.504 e. The number of carbonyl (C=O) groups is 2. The monoisotopic (exact) mass is 603 g/mol. The number of phenols is 1. The lowest BCUT2D eigenvalue weighted by molar-refractivity contribution is -0.124. The molecule has 2 aromatic rings. The molecule has 0 saturated carbocycles. The highest BCUT2D eigenvalue weighted by atomic mass is 16.6. The lowest BCUT2D eigenvalue weighted by atomic mass is 9.92. The van der Waals surface area contributed by atoms with Gasteiger partial charge in [0, 0.05) is 12.6 Å². The van der Waals surface area contributed by atoms with Gasteiger partial charge in [0.05, 0.1) is 12.6 Å². The van der Waals surface area contributed by atoms with Crippen LogP contribution in [0.1, 0.15) is 73.3 Å². The molecule has 2 atom stereocenters. The Labute approximate surface area is 262 Å². The number of aromatic hydroxyl groups is 1. The number of unbranched alkanes of at least 4 members (excludes halogenated alkanes) is 2. The van der Waals surface area contributed by atoms with Crippen molar-refractivity contribution in [2.45, 2.75) is 78.3 Å². The van der Waals surface area contributed by atoms with Crippen molar-refractivity contribution in [3.63, 3.8) is 0 Å². The molecule has 1 aliphatic heterocycles. The van der Waals surface area contributed by atoms with Gasteiger partial charge in [-0.1, -0.05) is 61.2 Å². The van der Waals surface area contributed by atoms with E-state index in [2.05, 4.69) is 55.7 Å². The largest absolute Gasteiger partial charge is 0.504 e. The van der Waals surface area contributed by atoms with Crippen LogP contribution in [0.5, 0.6) is 11.5 Å². The van der Waals surface area contributed by atoms with E-state index in [0.29, 0.717) is 30.7 Å². The van der Waals surface area contributed by atoms with E-state index in [1.807, 2.05) is 13.2 Å². The third-order valence-corrected chi connectivity index (χ3v) is 7.77. The summed E-state index contributed by atoms with van der Waals surface area (Å²) < 4.78 is 5.18. The minimum absolute atomic E-state index is 0.0607. The molecule has 0 aliphatic carbocycles. The van der Waals surface area contributed by atoms with Crippen LogP contribution in [-0.2, 0) is 22.4 Å². The summed E-state index contributed by atoms with van der Waals surface area (Å²) in [5.74, 6) is 0.261. The first-order chi connectivity index (χ1) is 21.1. The number of dihydropyridines is 1. The molecule has 0 fully saturated rings. The van der Waals surface area contributed by atoms with Crippen LogP contribution < -0.4 is 21.1 Å². The highest BCUT2D eigenvalue weighted by Gasteiger charge is 2.17. The van der Waals surface area contributed by atoms with E-state index in [1.165, 1.54) is 22.8 Å². The topological polar surface area (TPSA) is 134 Å². The van der Waals surface area contributed by atoms with Gasteiger partial charge in [-0.15, -0.1) is 0 Å². The van der Waals surface area contributed by atoms with Gasteiger partial charge in [-0.2, -0.15) is 0 Å². The number of nitrogens with one attached hydrogen (secondary N) is 2. The summed E-state index contributed by atoms with van der Waals surface area (Å²) in [5, 5.41) is 26.2. The Balaban J connectivity index is 1.68. The summed E-state index contributed by atoms with van der Waals surface area (Å²) in [7, 11) is 1.95. The molecule has 8 nitrogen and oxygen atoms in total. The molecule has 0 amide bonds. The van der Waals surface area contributed by atoms with Gasteiger partial charge < -0.3 is 31.3 Å². The number of nitrogens with two attached hydrogens (primary N) is 1. The third-order valence-electron chi connectivity index (χ3n) is 7.77. The Morgan fingerprint density at radius 3 is 2.55 bits per heavy atom. The fourth-order valence-electron chi connectivity index (χ4n) is 5.65. The highest BCUT2D eigenvalue weighted by molar-refractivity contribution is 6.06. The van der Waals surface area contributed by atoms with Crippen LogP contribution >= 0.6 is 0 Å². The van der Waals surface area contributed by atoms with E-state index < -0.39 is 6.79 Å². The van der Waals surface area contributed by atoms with Crippen molar-refractivity contribution in [1.82, 2.24) is 10.6 Å². The van der Waals surface area contributed by atoms with Crippen molar-refractivity contribution in [3.05, 3.63) is 87.6 Å². The molecule has 8 heteroatoms. The van der Waals surface area contributed by atoms with Gasteiger partial charge in [0.1, 0.15) is 5.78 Å². The zero-order valence-corrected chi connectivity index (χ0v) is 26.6. The molecule has 6 N–H and O–H groups in total. The maximum Gasteiger partial charge on any atom is 0.186 e. The summed E-state index contributed by atoms with van der Waals surface area (Å²) in [4.78, 5) is 25.1. The van der Waals surface area contributed by atoms with Crippen LogP contribution in [-0.4, -0.2) is 48.3 Å². The number of aliphatic hydroxyl groups excluding tert-OH is 1. The van der Waals surface area contributed by atoms with Gasteiger partial charge in [0.15, 0.2) is 24.1 Å². The first-order valence-corrected chi connectivity index (χ1v) is 15.5. The smallest absolute Gasteiger partial charge is 0.186 e. The van der Waals surface area contributed by atoms with Crippen molar-refractivity contribution in [2.24, 2.45) is 11.7 Å². The molecular weight excluding hydrogens is 554 g/mol. The number of aryl methyl sites for hydroxylation is 2. The normalized spacial score (nSPS) is 15.5. The average molecular weight is 604 g/mol. The quantitative estimate of drug-likeness (QED) is 0.0682. The predicted molar refractivity (Wildman–Crippen MR) is 176 cm³/mol. The number of carbonyl (C=O) groups excluding carboxylic acids is 2. The van der Waals surface area contributed by atoms with Gasteiger partial charge in [-0.25, -0.2) is 0 Å². The third kappa shape index (κ3) is 11.4. The second kappa shape index (κ2) is 17.5. The van der Waals surface area contributed by atoms with Crippen LogP contribution in [0.4, 0.5) is 0 Å². The van der Waals surface area contributed by atoms with Gasteiger partial charge in [-0.05, 0) is 105 Å². The fraction of sp³-hybridized carbons (Fsp3) is 0.444. The number of Topliss-reactive ketones (excluding diaryl/α,β-unsaturated/α-hetero) is 1. The molecule has 0 radical (unpaired) electrons. The molecule has 0 aromatic heterocycles. The maximum absolute atomic E-state index is 12.7. The van der Waals surface area contributed by atoms with Crippen molar-refractivity contribution in [2.75, 3.05) is 20.4 Å². The summed E-state index contributed by atoms with van der Waals surface area (Å²) in [6.45, 7) is 6.76. The Morgan fingerprint density at radius 2 is 1.84 bits per heavy atom. The van der Waals surface area contributed by atoms with Crippen molar-refractivity contribution < 1.29 is 24.5 Å². The Kier molecular flexibility index (Phi) is 13.9. The van der Waals surface area contributed by atoms with Crippen LogP contribution in [0.2, 0.25) is 0 Å². The standard InChI is InChI=1S/C36H49N3O5/c1-24(21-38-4)8-6-5-7-9-32(41)20-33(42)11-10-29-19-35(44-23-40)34(43)18-30(29)16-28-17-31(36(37)39-22-28)15-27-13-25(2)12-26(3)14-27/h10-14,17-19,22,24,36,38-40,43H,5-9,15-16,20-21,23,37H2,1-4H3/b11-10+/t24-,36?/m1/s1. The summed E-state index contributed by atoms with van der Waals surface area (Å²) in [6, 6.07) is 9.63. The molecule has 1 aliphatic rings.